The van der Waals surface area contributed by atoms with Gasteiger partial charge in [0.25, 0.3) is 0 Å². The average molecular weight is 268 g/mol. The van der Waals surface area contributed by atoms with E-state index in [4.69, 9.17) is 10.5 Å². The van der Waals surface area contributed by atoms with Crippen LogP contribution in [0.1, 0.15) is 25.3 Å². The van der Waals surface area contributed by atoms with Crippen molar-refractivity contribution < 1.29 is 9.84 Å². The number of ether oxygens (including phenoxy) is 1. The van der Waals surface area contributed by atoms with Crippen molar-refractivity contribution in [3.8, 4) is 5.75 Å². The van der Waals surface area contributed by atoms with Gasteiger partial charge in [-0.1, -0.05) is 19.9 Å². The van der Waals surface area contributed by atoms with Crippen LogP contribution in [0.5, 0.6) is 5.75 Å². The molecule has 1 heterocycles. The molecular weight excluding hydrogens is 248 g/mol. The van der Waals surface area contributed by atoms with Gasteiger partial charge in [0.05, 0.1) is 7.11 Å². The largest absolute Gasteiger partial charge is 0.497 e. The van der Waals surface area contributed by atoms with Gasteiger partial charge < -0.3 is 20.5 Å². The van der Waals surface area contributed by atoms with Crippen LogP contribution in [0.15, 0.2) is 18.2 Å². The number of nitrogens with two attached hydrogens (primary N) is 1. The minimum Gasteiger partial charge on any atom is -0.497 e. The summed E-state index contributed by atoms with van der Waals surface area (Å²) in [5.74, 6) is 1.79. The molecule has 1 aromatic rings. The maximum Gasteiger partial charge on any atom is 0.138 e. The molecule has 0 radical (unpaired) electrons. The number of benzene rings is 1. The summed E-state index contributed by atoms with van der Waals surface area (Å²) in [5, 5.41) is 10.1. The lowest BCUT2D eigenvalue weighted by atomic mass is 10.00. The maximum absolute atomic E-state index is 10.1. The van der Waals surface area contributed by atoms with E-state index in [1.165, 1.54) is 5.56 Å². The normalized spacial score (nSPS) is 23.8. The van der Waals surface area contributed by atoms with E-state index < -0.39 is 6.23 Å². The Labute approximate surface area is 112 Å². The molecule has 1 aliphatic heterocycles. The fraction of sp³-hybridized carbons (Fsp3) is 0.538. The summed E-state index contributed by atoms with van der Waals surface area (Å²) in [4.78, 5) is 1.86. The summed E-state index contributed by atoms with van der Waals surface area (Å²) >= 11 is 1.56. The Morgan fingerprint density at radius 3 is 2.72 bits per heavy atom. The third-order valence-electron chi connectivity index (χ3n) is 3.15. The van der Waals surface area contributed by atoms with Gasteiger partial charge in [-0.3, -0.25) is 0 Å². The maximum atomic E-state index is 10.1. The Bertz CT molecular complexity index is 415. The van der Waals surface area contributed by atoms with Gasteiger partial charge in [-0.15, -0.1) is 11.8 Å². The molecule has 1 saturated heterocycles. The molecule has 18 heavy (non-hydrogen) atoms. The van der Waals surface area contributed by atoms with E-state index in [-0.39, 0.29) is 5.50 Å². The molecule has 0 bridgehead atoms. The first-order valence-electron chi connectivity index (χ1n) is 6.06. The van der Waals surface area contributed by atoms with Gasteiger partial charge in [-0.25, -0.2) is 0 Å². The molecule has 1 aliphatic rings. The highest BCUT2D eigenvalue weighted by atomic mass is 32.2. The molecule has 2 atom stereocenters. The Balaban J connectivity index is 2.46. The van der Waals surface area contributed by atoms with Gasteiger partial charge in [0.1, 0.15) is 17.5 Å². The van der Waals surface area contributed by atoms with Gasteiger partial charge in [0, 0.05) is 17.5 Å². The Hall–Kier alpha value is -0.910. The number of hydrogen-bond donors (Lipinski definition) is 2. The Kier molecular flexibility index (Phi) is 4.04. The van der Waals surface area contributed by atoms with Crippen molar-refractivity contribution in [3.63, 3.8) is 0 Å². The molecule has 1 aromatic carbocycles. The first-order chi connectivity index (χ1) is 8.54. The molecule has 5 heteroatoms. The topological polar surface area (TPSA) is 58.7 Å². The first kappa shape index (κ1) is 13.5. The molecule has 4 nitrogen and oxygen atoms in total. The lowest BCUT2D eigenvalue weighted by Gasteiger charge is -2.29. The second-order valence-electron chi connectivity index (χ2n) is 4.69. The number of methoxy groups -OCH3 is 1. The van der Waals surface area contributed by atoms with Crippen molar-refractivity contribution in [2.45, 2.75) is 31.5 Å². The zero-order valence-corrected chi connectivity index (χ0v) is 11.8. The van der Waals surface area contributed by atoms with Crippen molar-refractivity contribution in [2.24, 2.45) is 5.73 Å². The van der Waals surface area contributed by atoms with E-state index in [9.17, 15) is 5.11 Å². The molecule has 0 aliphatic carbocycles. The fourth-order valence-corrected chi connectivity index (χ4v) is 3.12. The van der Waals surface area contributed by atoms with Gasteiger partial charge in [-0.05, 0) is 17.5 Å². The van der Waals surface area contributed by atoms with Gasteiger partial charge in [-0.2, -0.15) is 0 Å². The number of rotatable bonds is 3. The average Bonchev–Trinajstić information content (AvgIpc) is 2.68. The van der Waals surface area contributed by atoms with Crippen molar-refractivity contribution in [3.05, 3.63) is 23.8 Å². The number of aliphatic hydroxyl groups excluding tert-OH is 1. The molecule has 0 aromatic heterocycles. The quantitative estimate of drug-likeness (QED) is 0.877. The van der Waals surface area contributed by atoms with Crippen LogP contribution in [-0.4, -0.2) is 29.7 Å². The molecule has 0 spiro atoms. The number of anilines is 1. The number of aliphatic hydroxyl groups is 1. The monoisotopic (exact) mass is 268 g/mol. The van der Waals surface area contributed by atoms with Crippen LogP contribution in [0, 0.1) is 0 Å². The number of nitrogens with zero attached hydrogens (tertiary/aromatic N) is 1. The molecule has 100 valence electrons. The summed E-state index contributed by atoms with van der Waals surface area (Å²) in [7, 11) is 1.64. The Morgan fingerprint density at radius 2 is 2.22 bits per heavy atom. The van der Waals surface area contributed by atoms with Crippen LogP contribution >= 0.6 is 11.8 Å². The zero-order valence-electron chi connectivity index (χ0n) is 11.0. The molecular formula is C13H20N2O2S. The molecule has 2 rings (SSSR count). The van der Waals surface area contributed by atoms with E-state index in [0.717, 1.165) is 11.4 Å². The van der Waals surface area contributed by atoms with Crippen LogP contribution in [0.4, 0.5) is 5.69 Å². The lowest BCUT2D eigenvalue weighted by Crippen LogP contribution is -2.41. The molecule has 3 N–H and O–H groups in total. The summed E-state index contributed by atoms with van der Waals surface area (Å²) in [5.41, 5.74) is 7.99. The molecule has 1 fully saturated rings. The minimum absolute atomic E-state index is 0.204. The molecule has 0 saturated carbocycles. The second-order valence-corrected chi connectivity index (χ2v) is 5.84. The summed E-state index contributed by atoms with van der Waals surface area (Å²) in [6, 6.07) is 5.94. The third kappa shape index (κ3) is 2.43. The van der Waals surface area contributed by atoms with Crippen LogP contribution < -0.4 is 15.4 Å². The van der Waals surface area contributed by atoms with Crippen LogP contribution in [0.25, 0.3) is 0 Å². The Morgan fingerprint density at radius 1 is 1.50 bits per heavy atom. The first-order valence-corrected chi connectivity index (χ1v) is 7.11. The number of hydrogen-bond acceptors (Lipinski definition) is 5. The van der Waals surface area contributed by atoms with Crippen LogP contribution in [0.2, 0.25) is 0 Å². The predicted octanol–water partition coefficient (Wildman–Crippen LogP) is 1.93. The predicted molar refractivity (Wildman–Crippen MR) is 76.0 cm³/mol. The smallest absolute Gasteiger partial charge is 0.138 e. The summed E-state index contributed by atoms with van der Waals surface area (Å²) < 4.78 is 5.26. The highest BCUT2D eigenvalue weighted by Gasteiger charge is 2.32. The number of thioether (sulfide) groups is 1. The lowest BCUT2D eigenvalue weighted by molar-refractivity contribution is 0.198. The van der Waals surface area contributed by atoms with E-state index in [1.54, 1.807) is 18.9 Å². The van der Waals surface area contributed by atoms with Crippen molar-refractivity contribution >= 4 is 17.4 Å². The van der Waals surface area contributed by atoms with Gasteiger partial charge in [0.15, 0.2) is 0 Å². The van der Waals surface area contributed by atoms with Crippen LogP contribution in [0.3, 0.4) is 0 Å². The third-order valence-corrected chi connectivity index (χ3v) is 4.21. The zero-order chi connectivity index (χ0) is 13.3. The fourth-order valence-electron chi connectivity index (χ4n) is 2.17. The van der Waals surface area contributed by atoms with Crippen molar-refractivity contribution in [1.82, 2.24) is 0 Å². The van der Waals surface area contributed by atoms with E-state index >= 15 is 0 Å². The van der Waals surface area contributed by atoms with E-state index in [1.807, 2.05) is 23.1 Å². The standard InChI is InChI=1S/C13H20N2O2S/c1-8(2)10-5-4-9(17-3)6-11(10)15-12(16)7-18-13(15)14/h4-6,8,12-13,16H,7,14H2,1-3H3. The van der Waals surface area contributed by atoms with Crippen LogP contribution in [-0.2, 0) is 0 Å². The second kappa shape index (κ2) is 5.38. The molecule has 2 unspecified atom stereocenters. The highest BCUT2D eigenvalue weighted by Crippen LogP contribution is 2.37. The minimum atomic E-state index is -0.533. The van der Waals surface area contributed by atoms with Crippen molar-refractivity contribution in [2.75, 3.05) is 17.8 Å². The van der Waals surface area contributed by atoms with E-state index in [0.29, 0.717) is 11.7 Å². The summed E-state index contributed by atoms with van der Waals surface area (Å²) in [6.07, 6.45) is -0.533. The molecule has 0 amide bonds. The highest BCUT2D eigenvalue weighted by molar-refractivity contribution is 8.00. The summed E-state index contributed by atoms with van der Waals surface area (Å²) in [6.45, 7) is 4.26. The van der Waals surface area contributed by atoms with Crippen molar-refractivity contribution in [1.29, 1.82) is 0 Å². The van der Waals surface area contributed by atoms with Gasteiger partial charge in [0.2, 0.25) is 0 Å². The van der Waals surface area contributed by atoms with E-state index in [2.05, 4.69) is 13.8 Å². The van der Waals surface area contributed by atoms with Gasteiger partial charge >= 0.3 is 0 Å². The SMILES string of the molecule is COc1ccc(C(C)C)c(N2C(O)CSC2N)c1.